The minimum absolute atomic E-state index is 0.409. The van der Waals surface area contributed by atoms with Crippen LogP contribution in [0.15, 0.2) is 11.8 Å². The van der Waals surface area contributed by atoms with Crippen LogP contribution in [0.25, 0.3) is 0 Å². The number of rotatable bonds is 1. The topological polar surface area (TPSA) is 9.23 Å². The summed E-state index contributed by atoms with van der Waals surface area (Å²) >= 11 is 0. The Morgan fingerprint density at radius 2 is 2.67 bits per heavy atom. The molecule has 1 heterocycles. The van der Waals surface area contributed by atoms with Crippen molar-refractivity contribution < 1.29 is 4.74 Å². The van der Waals surface area contributed by atoms with E-state index in [2.05, 4.69) is 16.3 Å². The molecule has 0 N–H and O–H groups in total. The van der Waals surface area contributed by atoms with Crippen molar-refractivity contribution in [2.75, 3.05) is 0 Å². The fourth-order valence-electron chi connectivity index (χ4n) is 0.986. The van der Waals surface area contributed by atoms with Gasteiger partial charge >= 0.3 is 0 Å². The average Bonchev–Trinajstić information content (AvgIpc) is 1.88. The van der Waals surface area contributed by atoms with Crippen LogP contribution in [0.1, 0.15) is 19.8 Å². The molecule has 0 bridgehead atoms. The van der Waals surface area contributed by atoms with Crippen molar-refractivity contribution in [3.8, 4) is 0 Å². The van der Waals surface area contributed by atoms with Crippen LogP contribution in [-0.2, 0) is 4.74 Å². The maximum Gasteiger partial charge on any atom is 0.0955 e. The van der Waals surface area contributed by atoms with E-state index in [9.17, 15) is 0 Å². The van der Waals surface area contributed by atoms with Crippen LogP contribution in [0.2, 0.25) is 6.04 Å². The van der Waals surface area contributed by atoms with E-state index in [1.807, 2.05) is 6.92 Å². The van der Waals surface area contributed by atoms with Crippen molar-refractivity contribution in [2.24, 2.45) is 0 Å². The average molecular weight is 139 g/mol. The first kappa shape index (κ1) is 6.87. The van der Waals surface area contributed by atoms with Gasteiger partial charge in [0.25, 0.3) is 0 Å². The minimum Gasteiger partial charge on any atom is -0.496 e. The predicted molar refractivity (Wildman–Crippen MR) is 38.4 cm³/mol. The molecule has 9 heavy (non-hydrogen) atoms. The van der Waals surface area contributed by atoms with Gasteiger partial charge in [0.05, 0.1) is 11.9 Å². The van der Waals surface area contributed by atoms with Gasteiger partial charge in [0.1, 0.15) is 0 Å². The fourth-order valence-corrected chi connectivity index (χ4v) is 1.27. The van der Waals surface area contributed by atoms with Crippen LogP contribution >= 0.6 is 0 Å². The normalized spacial score (nSPS) is 26.9. The number of allylic oxidation sites excluding steroid dienone is 2. The highest BCUT2D eigenvalue weighted by Crippen LogP contribution is 2.17. The smallest absolute Gasteiger partial charge is 0.0955 e. The molecule has 0 spiro atoms. The highest BCUT2D eigenvalue weighted by molar-refractivity contribution is 6.08. The van der Waals surface area contributed by atoms with Gasteiger partial charge in [0.2, 0.25) is 0 Å². The van der Waals surface area contributed by atoms with Crippen molar-refractivity contribution >= 4 is 10.2 Å². The standard InChI is InChI=1S/C7H11OSi/c1-6-3-2-4-7(5-9)8-6/h3,7H,2,4-5H2,1H3. The van der Waals surface area contributed by atoms with E-state index in [1.54, 1.807) is 0 Å². The molecule has 1 atom stereocenters. The second-order valence-corrected chi connectivity index (χ2v) is 2.74. The van der Waals surface area contributed by atoms with Crippen LogP contribution in [0.4, 0.5) is 0 Å². The van der Waals surface area contributed by atoms with Crippen molar-refractivity contribution in [3.05, 3.63) is 11.8 Å². The van der Waals surface area contributed by atoms with Crippen LogP contribution in [0.5, 0.6) is 0 Å². The highest BCUT2D eigenvalue weighted by Gasteiger charge is 2.10. The summed E-state index contributed by atoms with van der Waals surface area (Å²) < 4.78 is 5.45. The van der Waals surface area contributed by atoms with Gasteiger partial charge in [-0.15, -0.1) is 0 Å². The first-order valence-corrected chi connectivity index (χ1v) is 4.01. The van der Waals surface area contributed by atoms with Gasteiger partial charge in [0.15, 0.2) is 0 Å². The Labute approximate surface area is 59.5 Å². The van der Waals surface area contributed by atoms with Gasteiger partial charge in [-0.2, -0.15) is 0 Å². The molecule has 49 valence electrons. The maximum absolute atomic E-state index is 5.45. The molecule has 0 aromatic carbocycles. The third-order valence-corrected chi connectivity index (χ3v) is 1.96. The Bertz CT molecular complexity index is 120. The molecule has 0 fully saturated rings. The summed E-state index contributed by atoms with van der Waals surface area (Å²) in [5, 5.41) is 0. The lowest BCUT2D eigenvalue weighted by molar-refractivity contribution is 0.113. The highest BCUT2D eigenvalue weighted by atomic mass is 28.1. The van der Waals surface area contributed by atoms with Gasteiger partial charge in [-0.25, -0.2) is 0 Å². The lowest BCUT2D eigenvalue weighted by Crippen LogP contribution is -2.13. The van der Waals surface area contributed by atoms with E-state index in [1.165, 1.54) is 6.42 Å². The molecule has 0 amide bonds. The third kappa shape index (κ3) is 1.86. The molecule has 1 rings (SSSR count). The van der Waals surface area contributed by atoms with E-state index in [-0.39, 0.29) is 0 Å². The molecule has 1 unspecified atom stereocenters. The second-order valence-electron chi connectivity index (χ2n) is 2.34. The molecular formula is C7H11OSi. The zero-order chi connectivity index (χ0) is 6.69. The first-order valence-electron chi connectivity index (χ1n) is 3.31. The molecule has 1 aliphatic rings. The molecule has 0 aromatic heterocycles. The van der Waals surface area contributed by atoms with Gasteiger partial charge in [-0.1, -0.05) is 0 Å². The molecule has 2 heteroatoms. The third-order valence-electron chi connectivity index (χ3n) is 1.50. The maximum atomic E-state index is 5.45. The molecule has 3 radical (unpaired) electrons. The Hall–Kier alpha value is -0.243. The van der Waals surface area contributed by atoms with Crippen molar-refractivity contribution in [2.45, 2.75) is 31.9 Å². The van der Waals surface area contributed by atoms with Gasteiger partial charge in [-0.3, -0.25) is 0 Å². The van der Waals surface area contributed by atoms with Crippen molar-refractivity contribution in [1.82, 2.24) is 0 Å². The summed E-state index contributed by atoms with van der Waals surface area (Å²) in [6, 6.07) is 0.950. The second kappa shape index (κ2) is 3.06. The summed E-state index contributed by atoms with van der Waals surface area (Å²) in [5.74, 6) is 1.07. The molecule has 0 saturated heterocycles. The SMILES string of the molecule is CC1=CCCC(C[Si])O1. The number of ether oxygens (including phenoxy) is 1. The largest absolute Gasteiger partial charge is 0.496 e. The fraction of sp³-hybridized carbons (Fsp3) is 0.714. The summed E-state index contributed by atoms with van der Waals surface area (Å²) in [7, 11) is 3.43. The Kier molecular flexibility index (Phi) is 2.34. The molecule has 1 nitrogen and oxygen atoms in total. The van der Waals surface area contributed by atoms with E-state index >= 15 is 0 Å². The quantitative estimate of drug-likeness (QED) is 0.502. The Balaban J connectivity index is 2.39. The molecule has 0 aliphatic carbocycles. The summed E-state index contributed by atoms with van der Waals surface area (Å²) in [5.41, 5.74) is 0. The zero-order valence-electron chi connectivity index (χ0n) is 5.68. The van der Waals surface area contributed by atoms with E-state index in [4.69, 9.17) is 4.74 Å². The number of hydrogen-bond donors (Lipinski definition) is 0. The van der Waals surface area contributed by atoms with Crippen LogP contribution < -0.4 is 0 Å². The number of hydrogen-bond acceptors (Lipinski definition) is 1. The molecular weight excluding hydrogens is 128 g/mol. The Morgan fingerprint density at radius 1 is 1.89 bits per heavy atom. The predicted octanol–water partition coefficient (Wildman–Crippen LogP) is 1.66. The zero-order valence-corrected chi connectivity index (χ0v) is 6.68. The van der Waals surface area contributed by atoms with Crippen LogP contribution in [-0.4, -0.2) is 16.3 Å². The molecule has 0 aromatic rings. The van der Waals surface area contributed by atoms with Gasteiger partial charge < -0.3 is 4.74 Å². The van der Waals surface area contributed by atoms with E-state index in [0.717, 1.165) is 18.2 Å². The first-order chi connectivity index (χ1) is 4.33. The Morgan fingerprint density at radius 3 is 3.11 bits per heavy atom. The van der Waals surface area contributed by atoms with Gasteiger partial charge in [-0.05, 0) is 31.9 Å². The summed E-state index contributed by atoms with van der Waals surface area (Å²) in [4.78, 5) is 0. The van der Waals surface area contributed by atoms with Crippen LogP contribution in [0, 0.1) is 0 Å². The van der Waals surface area contributed by atoms with Gasteiger partial charge in [0, 0.05) is 10.2 Å². The summed E-state index contributed by atoms with van der Waals surface area (Å²) in [6.45, 7) is 2.01. The molecule has 1 aliphatic heterocycles. The van der Waals surface area contributed by atoms with Crippen molar-refractivity contribution in [1.29, 1.82) is 0 Å². The van der Waals surface area contributed by atoms with Crippen molar-refractivity contribution in [3.63, 3.8) is 0 Å². The van der Waals surface area contributed by atoms with E-state index in [0.29, 0.717) is 6.10 Å². The minimum atomic E-state index is 0.409. The van der Waals surface area contributed by atoms with E-state index < -0.39 is 0 Å². The lowest BCUT2D eigenvalue weighted by atomic mass is 10.1. The molecule has 0 saturated carbocycles. The van der Waals surface area contributed by atoms with Crippen LogP contribution in [0.3, 0.4) is 0 Å². The lowest BCUT2D eigenvalue weighted by Gasteiger charge is -2.21. The monoisotopic (exact) mass is 139 g/mol. The summed E-state index contributed by atoms with van der Waals surface area (Å²) in [6.07, 6.45) is 4.87.